The van der Waals surface area contributed by atoms with Gasteiger partial charge in [-0.3, -0.25) is 9.69 Å². The first kappa shape index (κ1) is 19.1. The smallest absolute Gasteiger partial charge is 0.239 e. The minimum absolute atomic E-state index is 0.363. The second kappa shape index (κ2) is 8.84. The lowest BCUT2D eigenvalue weighted by atomic mass is 10.0. The number of benzene rings is 3. The maximum atomic E-state index is 12.0. The summed E-state index contributed by atoms with van der Waals surface area (Å²) in [5, 5.41) is 0. The Balaban J connectivity index is 1.69. The lowest BCUT2D eigenvalue weighted by Crippen LogP contribution is -2.34. The molecule has 0 bridgehead atoms. The van der Waals surface area contributed by atoms with Crippen LogP contribution in [0.25, 0.3) is 0 Å². The number of ether oxygens (including phenoxy) is 1. The number of hydrogen-bond donors (Lipinski definition) is 1. The van der Waals surface area contributed by atoms with Crippen LogP contribution in [-0.4, -0.2) is 17.9 Å². The third kappa shape index (κ3) is 5.18. The van der Waals surface area contributed by atoms with E-state index in [0.29, 0.717) is 6.54 Å². The van der Waals surface area contributed by atoms with Gasteiger partial charge < -0.3 is 10.5 Å². The number of halogens is 1. The van der Waals surface area contributed by atoms with E-state index in [0.717, 1.165) is 27.1 Å². The fourth-order valence-corrected chi connectivity index (χ4v) is 3.36. The quantitative estimate of drug-likeness (QED) is 0.586. The maximum absolute atomic E-state index is 12.0. The van der Waals surface area contributed by atoms with Crippen LogP contribution in [0.3, 0.4) is 0 Å². The predicted molar refractivity (Wildman–Crippen MR) is 111 cm³/mol. The molecule has 0 radical (unpaired) electrons. The number of likely N-dealkylation sites (N-methyl/N-ethyl adjacent to an activating group) is 1. The molecule has 1 amide bonds. The van der Waals surface area contributed by atoms with E-state index in [1.165, 1.54) is 0 Å². The number of carbonyl (C=O) groups excluding carboxylic acids is 1. The van der Waals surface area contributed by atoms with E-state index in [4.69, 9.17) is 10.5 Å². The van der Waals surface area contributed by atoms with E-state index >= 15 is 0 Å². The zero-order valence-electron chi connectivity index (χ0n) is 15.0. The topological polar surface area (TPSA) is 55.6 Å². The molecule has 0 spiro atoms. The molecule has 0 aliphatic carbocycles. The van der Waals surface area contributed by atoms with Crippen LogP contribution in [-0.2, 0) is 11.3 Å². The van der Waals surface area contributed by atoms with Gasteiger partial charge in [-0.15, -0.1) is 0 Å². The van der Waals surface area contributed by atoms with Gasteiger partial charge in [-0.1, -0.05) is 64.5 Å². The normalized spacial score (nSPS) is 12.0. The summed E-state index contributed by atoms with van der Waals surface area (Å²) in [6, 6.07) is 24.6. The molecule has 138 valence electrons. The molecule has 0 aliphatic rings. The van der Waals surface area contributed by atoms with Crippen molar-refractivity contribution in [3.63, 3.8) is 0 Å². The average molecular weight is 425 g/mol. The molecule has 2 N–H and O–H groups in total. The molecule has 0 saturated heterocycles. The molecule has 0 saturated carbocycles. The monoisotopic (exact) mass is 424 g/mol. The van der Waals surface area contributed by atoms with Gasteiger partial charge in [0.1, 0.15) is 17.5 Å². The Morgan fingerprint density at radius 2 is 1.70 bits per heavy atom. The Morgan fingerprint density at radius 1 is 1.00 bits per heavy atom. The van der Waals surface area contributed by atoms with Gasteiger partial charge in [0.15, 0.2) is 0 Å². The minimum Gasteiger partial charge on any atom is -0.457 e. The summed E-state index contributed by atoms with van der Waals surface area (Å²) in [7, 11) is 1.90. The molecule has 4 nitrogen and oxygen atoms in total. The molecular weight excluding hydrogens is 404 g/mol. The van der Waals surface area contributed by atoms with E-state index < -0.39 is 6.04 Å². The van der Waals surface area contributed by atoms with Crippen LogP contribution >= 0.6 is 15.9 Å². The maximum Gasteiger partial charge on any atom is 0.239 e. The van der Waals surface area contributed by atoms with Crippen molar-refractivity contribution in [2.45, 2.75) is 12.6 Å². The number of primary amides is 1. The highest BCUT2D eigenvalue weighted by Crippen LogP contribution is 2.26. The van der Waals surface area contributed by atoms with E-state index in [1.54, 1.807) is 0 Å². The van der Waals surface area contributed by atoms with Crippen molar-refractivity contribution in [1.29, 1.82) is 0 Å². The van der Waals surface area contributed by atoms with Gasteiger partial charge in [0.05, 0.1) is 0 Å². The summed E-state index contributed by atoms with van der Waals surface area (Å²) in [6.07, 6.45) is 0. The number of nitrogens with two attached hydrogens (primary N) is 1. The van der Waals surface area contributed by atoms with E-state index in [1.807, 2.05) is 90.8 Å². The summed E-state index contributed by atoms with van der Waals surface area (Å²) < 4.78 is 6.83. The molecule has 0 aliphatic heterocycles. The Morgan fingerprint density at radius 3 is 2.33 bits per heavy atom. The Kier molecular flexibility index (Phi) is 6.27. The Labute approximate surface area is 167 Å². The van der Waals surface area contributed by atoms with Crippen molar-refractivity contribution in [3.05, 3.63) is 94.5 Å². The van der Waals surface area contributed by atoms with E-state index in [-0.39, 0.29) is 5.91 Å². The first-order valence-electron chi connectivity index (χ1n) is 8.60. The van der Waals surface area contributed by atoms with Gasteiger partial charge in [-0.25, -0.2) is 0 Å². The van der Waals surface area contributed by atoms with Crippen molar-refractivity contribution in [2.24, 2.45) is 5.73 Å². The second-order valence-electron chi connectivity index (χ2n) is 6.33. The van der Waals surface area contributed by atoms with Crippen LogP contribution in [0.15, 0.2) is 83.3 Å². The number of hydrogen-bond acceptors (Lipinski definition) is 3. The lowest BCUT2D eigenvalue weighted by molar-refractivity contribution is -0.123. The molecule has 3 aromatic rings. The van der Waals surface area contributed by atoms with Crippen LogP contribution in [0.2, 0.25) is 0 Å². The predicted octanol–water partition coefficient (Wildman–Crippen LogP) is 4.90. The van der Waals surface area contributed by atoms with Crippen LogP contribution in [0.4, 0.5) is 0 Å². The van der Waals surface area contributed by atoms with Crippen LogP contribution in [0.5, 0.6) is 11.5 Å². The number of rotatable bonds is 7. The highest BCUT2D eigenvalue weighted by atomic mass is 79.9. The Bertz CT molecular complexity index is 898. The molecule has 3 rings (SSSR count). The zero-order valence-corrected chi connectivity index (χ0v) is 16.6. The van der Waals surface area contributed by atoms with Crippen molar-refractivity contribution in [3.8, 4) is 11.5 Å². The minimum atomic E-state index is -0.469. The largest absolute Gasteiger partial charge is 0.457 e. The molecule has 3 aromatic carbocycles. The molecule has 5 heteroatoms. The highest BCUT2D eigenvalue weighted by Gasteiger charge is 2.22. The molecule has 0 aromatic heterocycles. The number of carbonyl (C=O) groups is 1. The zero-order chi connectivity index (χ0) is 19.2. The Hall–Kier alpha value is -2.63. The van der Waals surface area contributed by atoms with Crippen LogP contribution in [0, 0.1) is 0 Å². The number of nitrogens with zero attached hydrogens (tertiary/aromatic N) is 1. The van der Waals surface area contributed by atoms with Gasteiger partial charge in [-0.2, -0.15) is 0 Å². The van der Waals surface area contributed by atoms with Crippen molar-refractivity contribution in [2.75, 3.05) is 7.05 Å². The molecule has 0 fully saturated rings. The first-order chi connectivity index (χ1) is 13.0. The summed E-state index contributed by atoms with van der Waals surface area (Å²) in [5.74, 6) is 1.17. The van der Waals surface area contributed by atoms with Gasteiger partial charge in [-0.05, 0) is 48.5 Å². The fourth-order valence-electron chi connectivity index (χ4n) is 2.98. The number of amides is 1. The van der Waals surface area contributed by atoms with E-state index in [9.17, 15) is 4.79 Å². The van der Waals surface area contributed by atoms with Gasteiger partial charge in [0.25, 0.3) is 0 Å². The third-order valence-corrected chi connectivity index (χ3v) is 4.71. The van der Waals surface area contributed by atoms with Crippen molar-refractivity contribution >= 4 is 21.8 Å². The summed E-state index contributed by atoms with van der Waals surface area (Å²) >= 11 is 3.44. The third-order valence-electron chi connectivity index (χ3n) is 4.21. The van der Waals surface area contributed by atoms with Gasteiger partial charge in [0, 0.05) is 11.0 Å². The standard InChI is InChI=1S/C22H21BrN2O2/c1-25(21(22(24)26)17-6-3-2-4-7-17)15-16-10-12-19(13-11-16)27-20-9-5-8-18(23)14-20/h2-14,21H,15H2,1H3,(H2,24,26). The van der Waals surface area contributed by atoms with Crippen molar-refractivity contribution in [1.82, 2.24) is 4.90 Å². The SMILES string of the molecule is CN(Cc1ccc(Oc2cccc(Br)c2)cc1)C(C(N)=O)c1ccccc1. The molecule has 1 atom stereocenters. The highest BCUT2D eigenvalue weighted by molar-refractivity contribution is 9.10. The summed E-state index contributed by atoms with van der Waals surface area (Å²) in [4.78, 5) is 13.9. The molecule has 27 heavy (non-hydrogen) atoms. The van der Waals surface area contributed by atoms with Crippen LogP contribution in [0.1, 0.15) is 17.2 Å². The van der Waals surface area contributed by atoms with Gasteiger partial charge >= 0.3 is 0 Å². The first-order valence-corrected chi connectivity index (χ1v) is 9.39. The van der Waals surface area contributed by atoms with Gasteiger partial charge in [0.2, 0.25) is 5.91 Å². The van der Waals surface area contributed by atoms with Crippen LogP contribution < -0.4 is 10.5 Å². The fraction of sp³-hybridized carbons (Fsp3) is 0.136. The summed E-state index contributed by atoms with van der Waals surface area (Å²) in [6.45, 7) is 0.597. The molecular formula is C22H21BrN2O2. The van der Waals surface area contributed by atoms with E-state index in [2.05, 4.69) is 15.9 Å². The van der Waals surface area contributed by atoms with Crippen molar-refractivity contribution < 1.29 is 9.53 Å². The second-order valence-corrected chi connectivity index (χ2v) is 7.25. The molecule has 0 heterocycles. The average Bonchev–Trinajstić information content (AvgIpc) is 2.64. The molecule has 1 unspecified atom stereocenters. The summed E-state index contributed by atoms with van der Waals surface area (Å²) in [5.41, 5.74) is 7.60. The lowest BCUT2D eigenvalue weighted by Gasteiger charge is -2.26.